The van der Waals surface area contributed by atoms with Gasteiger partial charge in [-0.15, -0.1) is 5.10 Å². The van der Waals surface area contributed by atoms with Crippen LogP contribution in [-0.2, 0) is 17.1 Å². The van der Waals surface area contributed by atoms with Crippen molar-refractivity contribution in [2.45, 2.75) is 58.5 Å². The molecule has 3 fully saturated rings. The molecule has 0 aromatic carbocycles. The highest BCUT2D eigenvalue weighted by molar-refractivity contribution is 5.90. The van der Waals surface area contributed by atoms with E-state index in [1.807, 2.05) is 6.92 Å². The number of amides is 1. The van der Waals surface area contributed by atoms with E-state index in [4.69, 9.17) is 10.5 Å². The van der Waals surface area contributed by atoms with E-state index in [9.17, 15) is 13.6 Å². The number of fused-ring (bicyclic) bond motifs is 2. The first-order valence-corrected chi connectivity index (χ1v) is 11.5. The molecular formula is C23H30F2N8O. The molecule has 2 bridgehead atoms. The third kappa shape index (κ3) is 4.44. The Labute approximate surface area is 197 Å². The Hall–Kier alpha value is -3.21. The van der Waals surface area contributed by atoms with Gasteiger partial charge >= 0.3 is 5.92 Å². The molecule has 182 valence electrons. The summed E-state index contributed by atoms with van der Waals surface area (Å²) < 4.78 is 29.8. The predicted octanol–water partition coefficient (Wildman–Crippen LogP) is 2.72. The monoisotopic (exact) mass is 472 g/mol. The molecule has 9 nitrogen and oxygen atoms in total. The Balaban J connectivity index is 1.83. The molecule has 2 aromatic rings. The number of piperidine rings is 1. The van der Waals surface area contributed by atoms with Crippen LogP contribution in [-0.4, -0.2) is 68.5 Å². The molecule has 3 aliphatic heterocycles. The molecule has 2 N–H and O–H groups in total. The number of halogens is 2. The van der Waals surface area contributed by atoms with Gasteiger partial charge in [-0.3, -0.25) is 9.69 Å². The molecule has 2 unspecified atom stereocenters. The van der Waals surface area contributed by atoms with Crippen LogP contribution in [0, 0.1) is 5.41 Å². The van der Waals surface area contributed by atoms with Crippen LogP contribution in [0.4, 0.5) is 14.6 Å². The minimum atomic E-state index is -3.22. The molecule has 0 saturated carbocycles. The molecule has 2 atom stereocenters. The van der Waals surface area contributed by atoms with Gasteiger partial charge in [0.2, 0.25) is 11.7 Å². The van der Waals surface area contributed by atoms with Gasteiger partial charge < -0.3 is 15.6 Å². The number of carbonyl (C=O) groups is 1. The number of rotatable bonds is 8. The zero-order valence-electron chi connectivity index (χ0n) is 19.8. The summed E-state index contributed by atoms with van der Waals surface area (Å²) in [5.41, 5.74) is 1.47. The third-order valence-electron chi connectivity index (χ3n) is 6.36. The first-order valence-electron chi connectivity index (χ1n) is 11.5. The maximum atomic E-state index is 14.2. The molecule has 0 radical (unpaired) electrons. The van der Waals surface area contributed by atoms with Crippen LogP contribution in [0.3, 0.4) is 0 Å². The van der Waals surface area contributed by atoms with E-state index in [-0.39, 0.29) is 11.7 Å². The number of anilines is 1. The van der Waals surface area contributed by atoms with Crippen molar-refractivity contribution in [2.24, 2.45) is 0 Å². The first kappa shape index (κ1) is 23.9. The lowest BCUT2D eigenvalue weighted by Crippen LogP contribution is -2.68. The van der Waals surface area contributed by atoms with Crippen molar-refractivity contribution in [1.82, 2.24) is 30.0 Å². The van der Waals surface area contributed by atoms with Crippen LogP contribution in [0.25, 0.3) is 11.9 Å². The number of hydrogen-bond acceptors (Lipinski definition) is 7. The molecule has 0 spiro atoms. The number of hydrogen-bond donors (Lipinski definition) is 2. The van der Waals surface area contributed by atoms with Gasteiger partial charge in [-0.25, -0.2) is 14.6 Å². The minimum absolute atomic E-state index is 0.192. The lowest BCUT2D eigenvalue weighted by molar-refractivity contribution is -0.118. The molecule has 2 aromatic heterocycles. The second kappa shape index (κ2) is 9.21. The van der Waals surface area contributed by atoms with Crippen molar-refractivity contribution in [3.05, 3.63) is 35.0 Å². The van der Waals surface area contributed by atoms with E-state index in [1.165, 1.54) is 24.0 Å². The first-order chi connectivity index (χ1) is 16.2. The van der Waals surface area contributed by atoms with Gasteiger partial charge in [0.1, 0.15) is 0 Å². The fraction of sp³-hybridized carbons (Fsp3) is 0.522. The van der Waals surface area contributed by atoms with Gasteiger partial charge in [-0.1, -0.05) is 13.8 Å². The molecule has 5 rings (SSSR count). The molecule has 5 heterocycles. The number of aryl methyl sites for hydroxylation is 1. The van der Waals surface area contributed by atoms with Crippen LogP contribution in [0.5, 0.6) is 0 Å². The summed E-state index contributed by atoms with van der Waals surface area (Å²) in [6.07, 6.45) is 5.86. The second-order valence-corrected chi connectivity index (χ2v) is 8.77. The largest absolute Gasteiger partial charge is 0.351 e. The maximum absolute atomic E-state index is 14.2. The third-order valence-corrected chi connectivity index (χ3v) is 6.36. The second-order valence-electron chi connectivity index (χ2n) is 8.77. The summed E-state index contributed by atoms with van der Waals surface area (Å²) in [6.45, 7) is 8.68. The number of nitrogens with zero attached hydrogens (tertiary/aromatic N) is 6. The van der Waals surface area contributed by atoms with E-state index in [0.29, 0.717) is 41.3 Å². The van der Waals surface area contributed by atoms with Crippen molar-refractivity contribution >= 4 is 24.0 Å². The van der Waals surface area contributed by atoms with E-state index < -0.39 is 11.7 Å². The van der Waals surface area contributed by atoms with E-state index in [2.05, 4.69) is 32.0 Å². The Morgan fingerprint density at radius 3 is 2.56 bits per heavy atom. The molecule has 34 heavy (non-hydrogen) atoms. The van der Waals surface area contributed by atoms with E-state index in [0.717, 1.165) is 33.0 Å². The predicted molar refractivity (Wildman–Crippen MR) is 126 cm³/mol. The van der Waals surface area contributed by atoms with Gasteiger partial charge in [0.25, 0.3) is 0 Å². The highest BCUT2D eigenvalue weighted by Gasteiger charge is 2.44. The molecule has 3 saturated heterocycles. The van der Waals surface area contributed by atoms with Gasteiger partial charge in [-0.2, -0.15) is 8.78 Å². The van der Waals surface area contributed by atoms with Crippen LogP contribution in [0.15, 0.2) is 12.3 Å². The molecule has 11 heteroatoms. The quantitative estimate of drug-likeness (QED) is 0.573. The van der Waals surface area contributed by atoms with Crippen molar-refractivity contribution in [1.29, 1.82) is 5.41 Å². The van der Waals surface area contributed by atoms with E-state index >= 15 is 0 Å². The van der Waals surface area contributed by atoms with Crippen LogP contribution in [0.2, 0.25) is 0 Å². The van der Waals surface area contributed by atoms with Gasteiger partial charge in [0.05, 0.1) is 11.3 Å². The number of piperazine rings is 1. The summed E-state index contributed by atoms with van der Waals surface area (Å²) in [5.74, 6) is -3.26. The Morgan fingerprint density at radius 2 is 2.00 bits per heavy atom. The fourth-order valence-electron chi connectivity index (χ4n) is 4.72. The summed E-state index contributed by atoms with van der Waals surface area (Å²) in [6, 6.07) is 2.49. The zero-order valence-corrected chi connectivity index (χ0v) is 19.8. The van der Waals surface area contributed by atoms with Gasteiger partial charge in [0.15, 0.2) is 11.6 Å². The number of carbonyl (C=O) groups excluding carboxylic acids is 1. The SMILES string of the molecule is CCc1cc(-n2nc(N3CC4CC(C3)N4CC)c(C=N)c2/C=C/NC(C)=O)nc(C(C)(F)F)n1. The van der Waals surface area contributed by atoms with Crippen LogP contribution in [0.1, 0.15) is 56.9 Å². The summed E-state index contributed by atoms with van der Waals surface area (Å²) in [5, 5.41) is 15.4. The molecule has 1 amide bonds. The normalized spacial score (nSPS) is 20.5. The summed E-state index contributed by atoms with van der Waals surface area (Å²) >= 11 is 0. The summed E-state index contributed by atoms with van der Waals surface area (Å²) in [4.78, 5) is 24.1. The smallest absolute Gasteiger partial charge is 0.303 e. The zero-order chi connectivity index (χ0) is 24.6. The Bertz CT molecular complexity index is 1110. The van der Waals surface area contributed by atoms with Crippen LogP contribution >= 0.6 is 0 Å². The maximum Gasteiger partial charge on any atom is 0.303 e. The average molecular weight is 473 g/mol. The fourth-order valence-corrected chi connectivity index (χ4v) is 4.72. The number of nitrogens with one attached hydrogen (secondary N) is 2. The number of alkyl halides is 2. The molecular weight excluding hydrogens is 442 g/mol. The van der Waals surface area contributed by atoms with Crippen molar-refractivity contribution < 1.29 is 13.6 Å². The minimum Gasteiger partial charge on any atom is -0.351 e. The lowest BCUT2D eigenvalue weighted by atomic mass is 9.87. The number of likely N-dealkylation sites (N-methyl/N-ethyl adjacent to an activating group) is 1. The Kier molecular flexibility index (Phi) is 6.48. The Morgan fingerprint density at radius 1 is 1.29 bits per heavy atom. The molecule has 3 aliphatic rings. The lowest BCUT2D eigenvalue weighted by Gasteiger charge is -2.56. The van der Waals surface area contributed by atoms with Gasteiger partial charge in [0, 0.05) is 63.2 Å². The van der Waals surface area contributed by atoms with Gasteiger partial charge in [-0.05, 0) is 25.5 Å². The van der Waals surface area contributed by atoms with Crippen molar-refractivity contribution in [2.75, 3.05) is 24.5 Å². The summed E-state index contributed by atoms with van der Waals surface area (Å²) in [7, 11) is 0. The van der Waals surface area contributed by atoms with Crippen LogP contribution < -0.4 is 10.2 Å². The van der Waals surface area contributed by atoms with Crippen molar-refractivity contribution in [3.63, 3.8) is 0 Å². The number of aromatic nitrogens is 4. The molecule has 0 aliphatic carbocycles. The van der Waals surface area contributed by atoms with Crippen molar-refractivity contribution in [3.8, 4) is 5.82 Å². The topological polar surface area (TPSA) is 103 Å². The average Bonchev–Trinajstić information content (AvgIpc) is 3.16. The highest BCUT2D eigenvalue weighted by Crippen LogP contribution is 2.36. The van der Waals surface area contributed by atoms with E-state index in [1.54, 1.807) is 12.1 Å². The standard InChI is InChI=1S/C23H30F2N8O/c1-5-15-9-20(29-22(28-15)23(4,24)25)33-19(7-8-27-14(3)34)18(11-26)21(30-33)31-12-16-10-17(13-31)32(16)6-2/h7-9,11,16-17,26H,5-6,10,12-13H2,1-4H3,(H,27,34)/b8-7+,26-11?. The highest BCUT2D eigenvalue weighted by atomic mass is 19.3.